The van der Waals surface area contributed by atoms with Gasteiger partial charge < -0.3 is 21.1 Å². The molecule has 1 aliphatic carbocycles. The lowest BCUT2D eigenvalue weighted by atomic mass is 9.62. The minimum absolute atomic E-state index is 0.236. The smallest absolute Gasteiger partial charge is 0.270 e. The molecule has 4 N–H and O–H groups in total. The molecule has 120 valence electrons. The predicted octanol–water partition coefficient (Wildman–Crippen LogP) is 0.141. The van der Waals surface area contributed by atoms with Crippen molar-refractivity contribution in [1.82, 2.24) is 20.6 Å². The van der Waals surface area contributed by atoms with Crippen LogP contribution >= 0.6 is 0 Å². The molecule has 1 saturated carbocycles. The van der Waals surface area contributed by atoms with Gasteiger partial charge in [0.15, 0.2) is 0 Å². The number of aromatic nitrogens is 2. The summed E-state index contributed by atoms with van der Waals surface area (Å²) in [7, 11) is 0. The molecule has 1 saturated heterocycles. The molecule has 2 heterocycles. The molecule has 0 radical (unpaired) electrons. The van der Waals surface area contributed by atoms with Crippen molar-refractivity contribution in [3.05, 3.63) is 18.1 Å². The Kier molecular flexibility index (Phi) is 4.26. The average molecular weight is 305 g/mol. The van der Waals surface area contributed by atoms with Crippen molar-refractivity contribution in [3.63, 3.8) is 0 Å². The van der Waals surface area contributed by atoms with E-state index >= 15 is 0 Å². The van der Waals surface area contributed by atoms with Gasteiger partial charge in [-0.3, -0.25) is 4.79 Å². The molecule has 3 rings (SSSR count). The second-order valence-electron chi connectivity index (χ2n) is 6.41. The molecule has 2 aliphatic rings. The summed E-state index contributed by atoms with van der Waals surface area (Å²) in [4.78, 5) is 20.2. The number of hydrogen-bond donors (Lipinski definition) is 4. The normalized spacial score (nSPS) is 20.8. The van der Waals surface area contributed by atoms with Gasteiger partial charge in [0, 0.05) is 31.7 Å². The van der Waals surface area contributed by atoms with Gasteiger partial charge in [-0.25, -0.2) is 9.97 Å². The zero-order valence-corrected chi connectivity index (χ0v) is 12.8. The van der Waals surface area contributed by atoms with E-state index in [2.05, 4.69) is 25.9 Å². The maximum Gasteiger partial charge on any atom is 0.270 e. The van der Waals surface area contributed by atoms with Crippen molar-refractivity contribution in [2.24, 2.45) is 5.41 Å². The van der Waals surface area contributed by atoms with Gasteiger partial charge in [0.2, 0.25) is 0 Å². The highest BCUT2D eigenvalue weighted by Gasteiger charge is 2.48. The van der Waals surface area contributed by atoms with Crippen LogP contribution < -0.4 is 16.0 Å². The highest BCUT2D eigenvalue weighted by atomic mass is 16.3. The third-order valence-electron chi connectivity index (χ3n) is 4.58. The van der Waals surface area contributed by atoms with Crippen molar-refractivity contribution in [3.8, 4) is 0 Å². The first-order chi connectivity index (χ1) is 10.6. The summed E-state index contributed by atoms with van der Waals surface area (Å²) in [5.41, 5.74) is 0.821. The number of carbonyl (C=O) groups excluding carboxylic acids is 1. The summed E-state index contributed by atoms with van der Waals surface area (Å²) >= 11 is 0. The van der Waals surface area contributed by atoms with Crippen LogP contribution in [0.1, 0.15) is 36.7 Å². The van der Waals surface area contributed by atoms with E-state index in [1.54, 1.807) is 6.07 Å². The molecule has 7 nitrogen and oxygen atoms in total. The number of aliphatic hydroxyl groups excluding tert-OH is 1. The quantitative estimate of drug-likeness (QED) is 0.597. The molecule has 1 atom stereocenters. The van der Waals surface area contributed by atoms with Gasteiger partial charge in [-0.1, -0.05) is 6.92 Å². The Hall–Kier alpha value is -1.73. The molecule has 1 aromatic rings. The van der Waals surface area contributed by atoms with E-state index in [1.165, 1.54) is 6.33 Å². The Bertz CT molecular complexity index is 538. The molecule has 0 bridgehead atoms. The lowest BCUT2D eigenvalue weighted by Gasteiger charge is -2.54. The predicted molar refractivity (Wildman–Crippen MR) is 82.6 cm³/mol. The molecule has 0 aromatic carbocycles. The summed E-state index contributed by atoms with van der Waals surface area (Å²) in [6.45, 7) is 4.33. The minimum atomic E-state index is -0.523. The summed E-state index contributed by atoms with van der Waals surface area (Å²) < 4.78 is 0. The first-order valence-electron chi connectivity index (χ1n) is 7.86. The maximum absolute atomic E-state index is 12.0. The summed E-state index contributed by atoms with van der Waals surface area (Å²) in [5.74, 6) is 0.398. The van der Waals surface area contributed by atoms with Crippen LogP contribution in [0.3, 0.4) is 0 Å². The monoisotopic (exact) mass is 305 g/mol. The third kappa shape index (κ3) is 3.20. The number of carbonyl (C=O) groups is 1. The van der Waals surface area contributed by atoms with Gasteiger partial charge in [-0.2, -0.15) is 0 Å². The Morgan fingerprint density at radius 1 is 1.50 bits per heavy atom. The second-order valence-corrected chi connectivity index (χ2v) is 6.41. The van der Waals surface area contributed by atoms with Crippen molar-refractivity contribution in [2.75, 3.05) is 25.0 Å². The van der Waals surface area contributed by atoms with Crippen LogP contribution in [0.5, 0.6) is 0 Å². The molecule has 2 fully saturated rings. The fourth-order valence-electron chi connectivity index (χ4n) is 3.07. The Morgan fingerprint density at radius 2 is 2.27 bits per heavy atom. The Balaban J connectivity index is 1.52. The van der Waals surface area contributed by atoms with Crippen LogP contribution in [0.2, 0.25) is 0 Å². The standard InChI is InChI=1S/C15H23N5O2/c1-2-11(21)6-17-14(22)12-3-13(19-9-18-12)20-10-4-15(5-10)7-16-8-15/h3,9-11,16,21H,2,4-8H2,1H3,(H,17,22)(H,18,19,20)/t11-/m1/s1. The van der Waals surface area contributed by atoms with Crippen molar-refractivity contribution in [2.45, 2.75) is 38.3 Å². The Labute approximate surface area is 129 Å². The van der Waals surface area contributed by atoms with E-state index in [-0.39, 0.29) is 12.5 Å². The fraction of sp³-hybridized carbons (Fsp3) is 0.667. The fourth-order valence-corrected chi connectivity index (χ4v) is 3.07. The van der Waals surface area contributed by atoms with Crippen LogP contribution in [0.25, 0.3) is 0 Å². The number of nitrogens with zero attached hydrogens (tertiary/aromatic N) is 2. The van der Waals surface area contributed by atoms with Crippen molar-refractivity contribution >= 4 is 11.7 Å². The number of hydrogen-bond acceptors (Lipinski definition) is 6. The van der Waals surface area contributed by atoms with Gasteiger partial charge in [-0.05, 0) is 24.7 Å². The second kappa shape index (κ2) is 6.18. The van der Waals surface area contributed by atoms with Gasteiger partial charge in [0.05, 0.1) is 6.10 Å². The number of rotatable bonds is 6. The van der Waals surface area contributed by atoms with Crippen LogP contribution in [-0.4, -0.2) is 52.8 Å². The van der Waals surface area contributed by atoms with Crippen LogP contribution in [0.4, 0.5) is 5.82 Å². The first-order valence-corrected chi connectivity index (χ1v) is 7.86. The summed E-state index contributed by atoms with van der Waals surface area (Å²) in [5, 5.41) is 18.8. The molecule has 0 unspecified atom stereocenters. The third-order valence-corrected chi connectivity index (χ3v) is 4.58. The zero-order valence-electron chi connectivity index (χ0n) is 12.8. The molecule has 1 amide bonds. The van der Waals surface area contributed by atoms with E-state index < -0.39 is 6.10 Å². The van der Waals surface area contributed by atoms with Gasteiger partial charge in [0.1, 0.15) is 17.8 Å². The Morgan fingerprint density at radius 3 is 2.91 bits per heavy atom. The maximum atomic E-state index is 12.0. The van der Waals surface area contributed by atoms with Crippen LogP contribution in [0.15, 0.2) is 12.4 Å². The van der Waals surface area contributed by atoms with Gasteiger partial charge in [-0.15, -0.1) is 0 Å². The molecule has 1 spiro atoms. The zero-order chi connectivity index (χ0) is 15.6. The van der Waals surface area contributed by atoms with E-state index in [4.69, 9.17) is 0 Å². The van der Waals surface area contributed by atoms with Crippen LogP contribution in [0, 0.1) is 5.41 Å². The van der Waals surface area contributed by atoms with Gasteiger partial charge >= 0.3 is 0 Å². The highest BCUT2D eigenvalue weighted by molar-refractivity contribution is 5.92. The molecule has 22 heavy (non-hydrogen) atoms. The van der Waals surface area contributed by atoms with Crippen LogP contribution in [-0.2, 0) is 0 Å². The highest BCUT2D eigenvalue weighted by Crippen LogP contribution is 2.45. The molecular weight excluding hydrogens is 282 g/mol. The largest absolute Gasteiger partial charge is 0.391 e. The number of nitrogens with one attached hydrogen (secondary N) is 3. The molecule has 7 heteroatoms. The average Bonchev–Trinajstić information content (AvgIpc) is 2.46. The van der Waals surface area contributed by atoms with Crippen molar-refractivity contribution in [1.29, 1.82) is 0 Å². The molecule has 1 aromatic heterocycles. The summed E-state index contributed by atoms with van der Waals surface area (Å²) in [6.07, 6.45) is 3.77. The lowest BCUT2D eigenvalue weighted by molar-refractivity contribution is 0.0469. The minimum Gasteiger partial charge on any atom is -0.391 e. The van der Waals surface area contributed by atoms with E-state index in [0.717, 1.165) is 25.9 Å². The first kappa shape index (κ1) is 15.2. The molecule has 1 aliphatic heterocycles. The SMILES string of the molecule is CC[C@@H](O)CNC(=O)c1cc(NC2CC3(CNC3)C2)ncn1. The molecular formula is C15H23N5O2. The van der Waals surface area contributed by atoms with E-state index in [9.17, 15) is 9.90 Å². The van der Waals surface area contributed by atoms with E-state index in [1.807, 2.05) is 6.92 Å². The summed E-state index contributed by atoms with van der Waals surface area (Å²) in [6, 6.07) is 2.09. The number of anilines is 1. The number of amides is 1. The van der Waals surface area contributed by atoms with Crippen molar-refractivity contribution < 1.29 is 9.90 Å². The number of aliphatic hydroxyl groups is 1. The lowest BCUT2D eigenvalue weighted by Crippen LogP contribution is -2.63. The van der Waals surface area contributed by atoms with Gasteiger partial charge in [0.25, 0.3) is 5.91 Å². The van der Waals surface area contributed by atoms with E-state index in [0.29, 0.717) is 29.4 Å². The topological polar surface area (TPSA) is 99.2 Å².